The molecule has 2 unspecified atom stereocenters. The molecular formula is C8H6F6N2O. The van der Waals surface area contributed by atoms with Crippen molar-refractivity contribution in [3.63, 3.8) is 0 Å². The lowest BCUT2D eigenvalue weighted by molar-refractivity contribution is -0.268. The topological polar surface area (TPSA) is 61.3 Å². The molecule has 3 nitrogen and oxygen atoms in total. The molecule has 4 N–H and O–H groups in total. The van der Waals surface area contributed by atoms with E-state index in [4.69, 9.17) is 5.73 Å². The van der Waals surface area contributed by atoms with E-state index in [0.29, 0.717) is 6.08 Å². The largest absolute Gasteiger partial charge is 0.439 e. The molecule has 0 aromatic heterocycles. The minimum atomic E-state index is -5.28. The number of hydrogen-bond donors (Lipinski definition) is 2. The lowest BCUT2D eigenvalue weighted by atomic mass is 9.85. The van der Waals surface area contributed by atoms with Crippen LogP contribution in [0.5, 0.6) is 0 Å². The van der Waals surface area contributed by atoms with E-state index in [9.17, 15) is 26.3 Å². The molecule has 96 valence electrons. The third-order valence-electron chi connectivity index (χ3n) is 2.62. The first-order valence-corrected chi connectivity index (χ1v) is 4.28. The maximum atomic E-state index is 13.9. The summed E-state index contributed by atoms with van der Waals surface area (Å²) in [6, 6.07) is 0. The summed E-state index contributed by atoms with van der Waals surface area (Å²) in [6.07, 6.45) is 0.259. The summed E-state index contributed by atoms with van der Waals surface area (Å²) in [6.45, 7) is 0. The molecule has 0 amide bonds. The van der Waals surface area contributed by atoms with Crippen molar-refractivity contribution in [3.05, 3.63) is 23.6 Å². The Hall–Kier alpha value is -1.38. The van der Waals surface area contributed by atoms with Crippen LogP contribution in [0.3, 0.4) is 0 Å². The number of fused-ring (bicyclic) bond motifs is 1. The minimum absolute atomic E-state index is 0.190. The predicted molar refractivity (Wildman–Crippen MR) is 43.2 cm³/mol. The van der Waals surface area contributed by atoms with Crippen molar-refractivity contribution in [2.24, 2.45) is 11.5 Å². The Kier molecular flexibility index (Phi) is 1.93. The van der Waals surface area contributed by atoms with Crippen molar-refractivity contribution in [2.75, 3.05) is 0 Å². The molecule has 9 heteroatoms. The first-order valence-electron chi connectivity index (χ1n) is 4.28. The Balaban J connectivity index is 2.74. The summed E-state index contributed by atoms with van der Waals surface area (Å²) in [7, 11) is 0. The molecule has 0 saturated carbocycles. The van der Waals surface area contributed by atoms with Crippen LogP contribution in [0.1, 0.15) is 0 Å². The van der Waals surface area contributed by atoms with Crippen molar-refractivity contribution < 1.29 is 31.1 Å². The molecule has 2 rings (SSSR count). The van der Waals surface area contributed by atoms with Crippen molar-refractivity contribution in [1.82, 2.24) is 0 Å². The van der Waals surface area contributed by atoms with Gasteiger partial charge in [-0.2, -0.15) is 22.0 Å². The first kappa shape index (κ1) is 12.1. The van der Waals surface area contributed by atoms with Crippen LogP contribution in [0, 0.1) is 0 Å². The molecule has 0 aromatic rings. The number of halogens is 6. The fourth-order valence-electron chi connectivity index (χ4n) is 1.66. The van der Waals surface area contributed by atoms with Crippen LogP contribution >= 0.6 is 0 Å². The van der Waals surface area contributed by atoms with Crippen molar-refractivity contribution >= 4 is 0 Å². The van der Waals surface area contributed by atoms with Gasteiger partial charge >= 0.3 is 23.5 Å². The van der Waals surface area contributed by atoms with Gasteiger partial charge in [0.05, 0.1) is 5.70 Å². The fraction of sp³-hybridized carbons (Fsp3) is 0.500. The zero-order chi connectivity index (χ0) is 13.3. The number of ether oxygens (including phenoxy) is 1. The molecule has 0 spiro atoms. The summed E-state index contributed by atoms with van der Waals surface area (Å²) in [5.41, 5.74) is 3.76. The number of nitrogens with two attached hydrogens (primary N) is 2. The number of allylic oxidation sites excluding steroid dienone is 3. The average Bonchev–Trinajstić information content (AvgIpc) is 2.32. The van der Waals surface area contributed by atoms with Crippen LogP contribution in [0.4, 0.5) is 26.3 Å². The molecule has 1 aliphatic carbocycles. The second-order valence-electron chi connectivity index (χ2n) is 3.72. The van der Waals surface area contributed by atoms with E-state index in [-0.39, 0.29) is 6.08 Å². The Bertz CT molecular complexity index is 443. The van der Waals surface area contributed by atoms with E-state index in [1.165, 1.54) is 0 Å². The molecule has 17 heavy (non-hydrogen) atoms. The van der Waals surface area contributed by atoms with Crippen molar-refractivity contribution in [1.29, 1.82) is 0 Å². The highest BCUT2D eigenvalue weighted by Crippen LogP contribution is 2.61. The van der Waals surface area contributed by atoms with Crippen LogP contribution in [0.25, 0.3) is 0 Å². The fourth-order valence-corrected chi connectivity index (χ4v) is 1.66. The molecule has 1 aliphatic heterocycles. The second-order valence-corrected chi connectivity index (χ2v) is 3.72. The van der Waals surface area contributed by atoms with Crippen LogP contribution in [0.2, 0.25) is 0 Å². The van der Waals surface area contributed by atoms with Crippen molar-refractivity contribution in [3.8, 4) is 0 Å². The zero-order valence-electron chi connectivity index (χ0n) is 7.99. The van der Waals surface area contributed by atoms with Gasteiger partial charge in [-0.1, -0.05) is 0 Å². The van der Waals surface area contributed by atoms with E-state index in [2.05, 4.69) is 10.5 Å². The predicted octanol–water partition coefficient (Wildman–Crippen LogP) is 1.32. The monoisotopic (exact) mass is 260 g/mol. The van der Waals surface area contributed by atoms with Crippen LogP contribution in [0.15, 0.2) is 23.6 Å². The summed E-state index contributed by atoms with van der Waals surface area (Å²) >= 11 is 0. The van der Waals surface area contributed by atoms with Gasteiger partial charge in [0, 0.05) is 0 Å². The molecule has 0 bridgehead atoms. The van der Waals surface area contributed by atoms with E-state index in [0.717, 1.165) is 0 Å². The molecule has 0 aromatic carbocycles. The van der Waals surface area contributed by atoms with E-state index in [1.54, 1.807) is 0 Å². The molecule has 1 heterocycles. The number of alkyl halides is 6. The Morgan fingerprint density at radius 1 is 1.06 bits per heavy atom. The average molecular weight is 260 g/mol. The molecule has 2 aliphatic rings. The van der Waals surface area contributed by atoms with Gasteiger partial charge in [0.2, 0.25) is 0 Å². The molecule has 1 saturated heterocycles. The van der Waals surface area contributed by atoms with Gasteiger partial charge in [-0.15, -0.1) is 0 Å². The summed E-state index contributed by atoms with van der Waals surface area (Å²) in [5, 5.41) is 0. The minimum Gasteiger partial charge on any atom is -0.439 e. The molecule has 2 atom stereocenters. The third-order valence-corrected chi connectivity index (χ3v) is 2.62. The van der Waals surface area contributed by atoms with Gasteiger partial charge in [-0.3, -0.25) is 5.73 Å². The molecule has 0 radical (unpaired) electrons. The third kappa shape index (κ3) is 1.07. The van der Waals surface area contributed by atoms with Crippen molar-refractivity contribution in [2.45, 2.75) is 23.5 Å². The lowest BCUT2D eigenvalue weighted by Crippen LogP contribution is -2.63. The van der Waals surface area contributed by atoms with Gasteiger partial charge in [0.15, 0.2) is 5.76 Å². The van der Waals surface area contributed by atoms with E-state index < -0.39 is 34.9 Å². The van der Waals surface area contributed by atoms with Gasteiger partial charge < -0.3 is 10.5 Å². The highest BCUT2D eigenvalue weighted by molar-refractivity contribution is 5.43. The van der Waals surface area contributed by atoms with Crippen LogP contribution < -0.4 is 11.5 Å². The van der Waals surface area contributed by atoms with Crippen LogP contribution in [-0.2, 0) is 4.74 Å². The summed E-state index contributed by atoms with van der Waals surface area (Å²) in [5.74, 6) is -16.1. The van der Waals surface area contributed by atoms with E-state index >= 15 is 0 Å². The number of rotatable bonds is 0. The lowest BCUT2D eigenvalue weighted by Gasteiger charge is -2.33. The maximum absolute atomic E-state index is 13.9. The standard InChI is InChI=1S/C8H6F6N2O/c9-5(10)2-1-3(15)4-6(5,11)7(12,13)8(14,16)17-4/h1-2H,15-16H2. The smallest absolute Gasteiger partial charge is 0.378 e. The Morgan fingerprint density at radius 3 is 2.06 bits per heavy atom. The SMILES string of the molecule is NC1=C2OC(N)(F)C(F)(F)C2(F)C(F)(F)C=C1. The zero-order valence-corrected chi connectivity index (χ0v) is 7.99. The summed E-state index contributed by atoms with van der Waals surface area (Å²) in [4.78, 5) is 0. The highest BCUT2D eigenvalue weighted by atomic mass is 19.3. The Morgan fingerprint density at radius 2 is 1.59 bits per heavy atom. The van der Waals surface area contributed by atoms with Crippen LogP contribution in [-0.4, -0.2) is 23.5 Å². The van der Waals surface area contributed by atoms with Gasteiger partial charge in [0.25, 0.3) is 0 Å². The second kappa shape index (κ2) is 2.71. The Labute approximate surface area is 90.7 Å². The van der Waals surface area contributed by atoms with Gasteiger partial charge in [-0.05, 0) is 12.2 Å². The maximum Gasteiger partial charge on any atom is 0.378 e. The molecular weight excluding hydrogens is 254 g/mol. The first-order chi connectivity index (χ1) is 7.47. The number of hydrogen-bond acceptors (Lipinski definition) is 3. The summed E-state index contributed by atoms with van der Waals surface area (Å²) < 4.78 is 83.9. The van der Waals surface area contributed by atoms with Gasteiger partial charge in [-0.25, -0.2) is 4.39 Å². The molecule has 1 fully saturated rings. The highest BCUT2D eigenvalue weighted by Gasteiger charge is 2.86. The van der Waals surface area contributed by atoms with Gasteiger partial charge in [0.1, 0.15) is 0 Å². The quantitative estimate of drug-likeness (QED) is 0.510. The van der Waals surface area contributed by atoms with E-state index in [1.807, 2.05) is 0 Å². The normalized spacial score (nSPS) is 42.3.